The van der Waals surface area contributed by atoms with E-state index in [1.165, 1.54) is 7.11 Å². The van der Waals surface area contributed by atoms with Crippen LogP contribution in [0.3, 0.4) is 0 Å². The van der Waals surface area contributed by atoms with Crippen LogP contribution in [0.4, 0.5) is 0 Å². The minimum absolute atomic E-state index is 0.0553. The quantitative estimate of drug-likeness (QED) is 0.327. The van der Waals surface area contributed by atoms with Gasteiger partial charge in [0, 0.05) is 55.8 Å². The molecule has 0 unspecified atom stereocenters. The summed E-state index contributed by atoms with van der Waals surface area (Å²) in [5, 5.41) is 0.456. The number of nitrogens with zero attached hydrogens (tertiary/aromatic N) is 2. The van der Waals surface area contributed by atoms with Crippen LogP contribution >= 0.6 is 11.6 Å². The molecular weight excluding hydrogens is 464 g/mol. The van der Waals surface area contributed by atoms with Crippen LogP contribution in [-0.2, 0) is 22.6 Å². The second-order valence-electron chi connectivity index (χ2n) is 8.51. The molecule has 1 saturated heterocycles. The van der Waals surface area contributed by atoms with Gasteiger partial charge in [-0.15, -0.1) is 0 Å². The zero-order chi connectivity index (χ0) is 24.8. The molecule has 0 radical (unpaired) electrons. The number of Topliss-reactive ketones (excluding diaryl/α,β-unsaturated/α-hetero) is 1. The molecule has 0 N–H and O–H groups in total. The van der Waals surface area contributed by atoms with E-state index in [0.717, 1.165) is 25.2 Å². The van der Waals surface area contributed by atoms with Crippen molar-refractivity contribution in [2.75, 3.05) is 20.2 Å². The first kappa shape index (κ1) is 24.6. The number of likely N-dealkylation sites (tertiary alicyclic amines) is 1. The van der Waals surface area contributed by atoms with Gasteiger partial charge in [0.1, 0.15) is 5.78 Å². The second-order valence-corrected chi connectivity index (χ2v) is 8.95. The smallest absolute Gasteiger partial charge is 0.338 e. The maximum atomic E-state index is 13.1. The van der Waals surface area contributed by atoms with Gasteiger partial charge in [-0.25, -0.2) is 4.79 Å². The van der Waals surface area contributed by atoms with Crippen molar-refractivity contribution in [1.29, 1.82) is 0 Å². The fourth-order valence-corrected chi connectivity index (χ4v) is 4.33. The van der Waals surface area contributed by atoms with E-state index < -0.39 is 5.97 Å². The molecule has 35 heavy (non-hydrogen) atoms. The van der Waals surface area contributed by atoms with Crippen LogP contribution in [0.5, 0.6) is 0 Å². The van der Waals surface area contributed by atoms with Crippen LogP contribution in [0.2, 0.25) is 5.02 Å². The Kier molecular flexibility index (Phi) is 7.95. The van der Waals surface area contributed by atoms with Crippen molar-refractivity contribution in [1.82, 2.24) is 9.47 Å². The Morgan fingerprint density at radius 3 is 2.51 bits per heavy atom. The topological polar surface area (TPSA) is 68.6 Å². The van der Waals surface area contributed by atoms with E-state index in [9.17, 15) is 14.4 Å². The van der Waals surface area contributed by atoms with Crippen LogP contribution in [0, 0.1) is 0 Å². The molecule has 4 rings (SSSR count). The Morgan fingerprint density at radius 1 is 1.06 bits per heavy atom. The molecule has 1 aliphatic heterocycles. The summed E-state index contributed by atoms with van der Waals surface area (Å²) in [5.41, 5.74) is 3.41. The van der Waals surface area contributed by atoms with Crippen molar-refractivity contribution in [2.24, 2.45) is 0 Å². The van der Waals surface area contributed by atoms with E-state index in [0.29, 0.717) is 52.6 Å². The Bertz CT molecular complexity index is 1250. The number of carbonyl (C=O) groups is 3. The molecule has 3 aromatic rings. The highest BCUT2D eigenvalue weighted by Gasteiger charge is 2.17. The number of piperidine rings is 1. The third kappa shape index (κ3) is 6.15. The molecule has 2 heterocycles. The molecule has 0 saturated carbocycles. The van der Waals surface area contributed by atoms with Gasteiger partial charge in [0.05, 0.1) is 18.4 Å². The SMILES string of the molecule is COC(=O)c1cc(Cl)ccc1/C=C/Cn1cccc1C(=O)c1ccc(CN2CCC(=O)CC2)cc1. The maximum absolute atomic E-state index is 13.1. The Morgan fingerprint density at radius 2 is 1.80 bits per heavy atom. The standard InChI is InChI=1S/C28H27ClN2O4/c1-35-28(34)25-18-23(29)11-10-21(25)4-2-14-31-15-3-5-26(31)27(33)22-8-6-20(7-9-22)19-30-16-12-24(32)13-17-30/h2-11,15,18H,12-14,16-17,19H2,1H3/b4-2+. The Balaban J connectivity index is 1.42. The molecule has 0 aliphatic carbocycles. The number of esters is 1. The van der Waals surface area contributed by atoms with Gasteiger partial charge in [0.2, 0.25) is 5.78 Å². The van der Waals surface area contributed by atoms with Gasteiger partial charge < -0.3 is 9.30 Å². The summed E-state index contributed by atoms with van der Waals surface area (Å²) < 4.78 is 6.71. The molecule has 1 aliphatic rings. The number of hydrogen-bond acceptors (Lipinski definition) is 5. The lowest BCUT2D eigenvalue weighted by atomic mass is 10.0. The molecule has 0 atom stereocenters. The number of carbonyl (C=O) groups excluding carboxylic acids is 3. The van der Waals surface area contributed by atoms with Gasteiger partial charge in [-0.1, -0.05) is 54.1 Å². The van der Waals surface area contributed by atoms with Gasteiger partial charge in [-0.3, -0.25) is 14.5 Å². The summed E-state index contributed by atoms with van der Waals surface area (Å²) in [6.45, 7) is 2.82. The summed E-state index contributed by atoms with van der Waals surface area (Å²) in [6.07, 6.45) is 6.79. The zero-order valence-corrected chi connectivity index (χ0v) is 20.3. The van der Waals surface area contributed by atoms with Crippen LogP contribution in [-0.4, -0.2) is 47.2 Å². The van der Waals surface area contributed by atoms with E-state index >= 15 is 0 Å². The van der Waals surface area contributed by atoms with Crippen molar-refractivity contribution in [3.05, 3.63) is 99.8 Å². The molecule has 1 fully saturated rings. The molecule has 6 nitrogen and oxygen atoms in total. The molecule has 0 bridgehead atoms. The van der Waals surface area contributed by atoms with Crippen molar-refractivity contribution in [2.45, 2.75) is 25.9 Å². The molecule has 2 aromatic carbocycles. The summed E-state index contributed by atoms with van der Waals surface area (Å²) in [5.74, 6) is -0.182. The molecule has 180 valence electrons. The predicted octanol–water partition coefficient (Wildman–Crippen LogP) is 5.04. The highest BCUT2D eigenvalue weighted by atomic mass is 35.5. The average molecular weight is 491 g/mol. The predicted molar refractivity (Wildman–Crippen MR) is 136 cm³/mol. The number of ketones is 2. The summed E-state index contributed by atoms with van der Waals surface area (Å²) in [4.78, 5) is 38.9. The number of benzene rings is 2. The second kappa shape index (κ2) is 11.3. The van der Waals surface area contributed by atoms with Gasteiger partial charge in [-0.05, 0) is 35.4 Å². The van der Waals surface area contributed by atoms with Gasteiger partial charge in [0.25, 0.3) is 0 Å². The third-order valence-electron chi connectivity index (χ3n) is 6.12. The van der Waals surface area contributed by atoms with Crippen LogP contribution in [0.15, 0.2) is 66.9 Å². The third-order valence-corrected chi connectivity index (χ3v) is 6.35. The van der Waals surface area contributed by atoms with Gasteiger partial charge >= 0.3 is 5.97 Å². The van der Waals surface area contributed by atoms with Crippen LogP contribution in [0.25, 0.3) is 6.08 Å². The first-order valence-corrected chi connectivity index (χ1v) is 11.9. The van der Waals surface area contributed by atoms with E-state index in [1.54, 1.807) is 24.3 Å². The van der Waals surface area contributed by atoms with E-state index in [2.05, 4.69) is 4.90 Å². The highest BCUT2D eigenvalue weighted by molar-refractivity contribution is 6.31. The Hall–Kier alpha value is -3.48. The number of ether oxygens (including phenoxy) is 1. The number of halogens is 1. The fraction of sp³-hybridized carbons (Fsp3) is 0.250. The summed E-state index contributed by atoms with van der Waals surface area (Å²) in [6, 6.07) is 16.4. The normalized spacial score (nSPS) is 14.4. The largest absolute Gasteiger partial charge is 0.465 e. The van der Waals surface area contributed by atoms with E-state index in [-0.39, 0.29) is 5.78 Å². The van der Waals surface area contributed by atoms with E-state index in [4.69, 9.17) is 16.3 Å². The number of methoxy groups -OCH3 is 1. The zero-order valence-electron chi connectivity index (χ0n) is 19.6. The molecule has 1 aromatic heterocycles. The van der Waals surface area contributed by atoms with Crippen molar-refractivity contribution < 1.29 is 19.1 Å². The highest BCUT2D eigenvalue weighted by Crippen LogP contribution is 2.19. The monoisotopic (exact) mass is 490 g/mol. The average Bonchev–Trinajstić information content (AvgIpc) is 3.34. The Labute approximate surface area is 209 Å². The fourth-order valence-electron chi connectivity index (χ4n) is 4.16. The van der Waals surface area contributed by atoms with E-state index in [1.807, 2.05) is 53.2 Å². The maximum Gasteiger partial charge on any atom is 0.338 e. The lowest BCUT2D eigenvalue weighted by Gasteiger charge is -2.25. The summed E-state index contributed by atoms with van der Waals surface area (Å²) in [7, 11) is 1.33. The molecule has 0 amide bonds. The minimum atomic E-state index is -0.457. The van der Waals surface area contributed by atoms with Crippen LogP contribution in [0.1, 0.15) is 50.4 Å². The van der Waals surface area contributed by atoms with Crippen molar-refractivity contribution in [3.63, 3.8) is 0 Å². The van der Waals surface area contributed by atoms with Gasteiger partial charge in [-0.2, -0.15) is 0 Å². The number of rotatable bonds is 8. The number of aromatic nitrogens is 1. The van der Waals surface area contributed by atoms with Gasteiger partial charge in [0.15, 0.2) is 0 Å². The number of allylic oxidation sites excluding steroid dienone is 1. The first-order chi connectivity index (χ1) is 16.9. The van der Waals surface area contributed by atoms with Crippen LogP contribution < -0.4 is 0 Å². The number of hydrogen-bond donors (Lipinski definition) is 0. The summed E-state index contributed by atoms with van der Waals surface area (Å²) >= 11 is 6.02. The molecular formula is C28H27ClN2O4. The lowest BCUT2D eigenvalue weighted by molar-refractivity contribution is -0.121. The minimum Gasteiger partial charge on any atom is -0.465 e. The first-order valence-electron chi connectivity index (χ1n) is 11.5. The molecule has 7 heteroatoms. The molecule has 0 spiro atoms. The lowest BCUT2D eigenvalue weighted by Crippen LogP contribution is -2.33. The van der Waals surface area contributed by atoms with Crippen molar-refractivity contribution in [3.8, 4) is 0 Å². The van der Waals surface area contributed by atoms with Crippen molar-refractivity contribution >= 4 is 35.2 Å².